The Morgan fingerprint density at radius 3 is 2.42 bits per heavy atom. The van der Waals surface area contributed by atoms with Crippen LogP contribution in [0.5, 0.6) is 11.5 Å². The topological polar surface area (TPSA) is 61.2 Å². The first kappa shape index (κ1) is 17.9. The lowest BCUT2D eigenvalue weighted by Crippen LogP contribution is -2.14. The fraction of sp³-hybridized carbons (Fsp3) is 0.0526. The van der Waals surface area contributed by atoms with Crippen molar-refractivity contribution >= 4 is 27.8 Å². The third-order valence-corrected chi connectivity index (χ3v) is 3.82. The minimum absolute atomic E-state index is 0.374. The average molecular weight is 413 g/mol. The summed E-state index contributed by atoms with van der Waals surface area (Å²) in [6, 6.07) is 15.3. The first-order chi connectivity index (χ1) is 12.7. The quantitative estimate of drug-likeness (QED) is 0.335. The Morgan fingerprint density at radius 1 is 1.12 bits per heavy atom. The summed E-state index contributed by atoms with van der Waals surface area (Å²) in [5.41, 5.74) is 4.54. The number of hydroxylamine groups is 1. The van der Waals surface area contributed by atoms with Crippen LogP contribution in [0.4, 0.5) is 0 Å². The maximum absolute atomic E-state index is 5.84. The summed E-state index contributed by atoms with van der Waals surface area (Å²) < 4.78 is 8.44. The van der Waals surface area contributed by atoms with Crippen LogP contribution in [0.2, 0.25) is 0 Å². The van der Waals surface area contributed by atoms with Crippen molar-refractivity contribution in [3.63, 3.8) is 0 Å². The van der Waals surface area contributed by atoms with Gasteiger partial charge in [0.05, 0.1) is 18.5 Å². The third-order valence-electron chi connectivity index (χ3n) is 3.30. The van der Waals surface area contributed by atoms with E-state index in [0.717, 1.165) is 27.2 Å². The molecule has 3 rings (SSSR count). The van der Waals surface area contributed by atoms with E-state index in [1.165, 1.54) is 6.33 Å². The van der Waals surface area contributed by atoms with Gasteiger partial charge in [-0.2, -0.15) is 5.10 Å². The number of halogens is 1. The average Bonchev–Trinajstić information content (AvgIpc) is 3.17. The zero-order chi connectivity index (χ0) is 18.2. The zero-order valence-electron chi connectivity index (χ0n) is 13.9. The lowest BCUT2D eigenvalue weighted by Gasteiger charge is -2.12. The van der Waals surface area contributed by atoms with Crippen LogP contribution in [0, 0.1) is 0 Å². The van der Waals surface area contributed by atoms with Gasteiger partial charge in [0.15, 0.2) is 0 Å². The Labute approximate surface area is 159 Å². The SMILES string of the molecule is C=CCONC(=Cn1cncn1)c1ccc(Oc2ccc(Br)cc2)cc1. The van der Waals surface area contributed by atoms with Crippen molar-refractivity contribution in [2.24, 2.45) is 0 Å². The second-order valence-corrected chi connectivity index (χ2v) is 6.12. The molecule has 0 aliphatic heterocycles. The summed E-state index contributed by atoms with van der Waals surface area (Å²) in [5.74, 6) is 1.51. The van der Waals surface area contributed by atoms with E-state index in [-0.39, 0.29) is 0 Å². The Balaban J connectivity index is 1.76. The highest BCUT2D eigenvalue weighted by atomic mass is 79.9. The fourth-order valence-corrected chi connectivity index (χ4v) is 2.36. The molecule has 0 saturated heterocycles. The Kier molecular flexibility index (Phi) is 6.19. The van der Waals surface area contributed by atoms with Crippen LogP contribution in [0.25, 0.3) is 11.9 Å². The number of rotatable bonds is 8. The van der Waals surface area contributed by atoms with Gasteiger partial charge in [0.2, 0.25) is 0 Å². The van der Waals surface area contributed by atoms with Crippen LogP contribution >= 0.6 is 15.9 Å². The van der Waals surface area contributed by atoms with Crippen molar-refractivity contribution < 1.29 is 9.57 Å². The van der Waals surface area contributed by atoms with Gasteiger partial charge in [-0.25, -0.2) is 9.67 Å². The van der Waals surface area contributed by atoms with E-state index in [0.29, 0.717) is 6.61 Å². The van der Waals surface area contributed by atoms with Gasteiger partial charge in [0, 0.05) is 10.0 Å². The van der Waals surface area contributed by atoms with Gasteiger partial charge in [0.1, 0.15) is 24.2 Å². The van der Waals surface area contributed by atoms with Crippen LogP contribution in [-0.4, -0.2) is 21.4 Å². The molecule has 26 heavy (non-hydrogen) atoms. The molecule has 1 N–H and O–H groups in total. The summed E-state index contributed by atoms with van der Waals surface area (Å²) in [5, 5.41) is 4.08. The highest BCUT2D eigenvalue weighted by Gasteiger charge is 2.04. The summed E-state index contributed by atoms with van der Waals surface area (Å²) in [4.78, 5) is 9.28. The standard InChI is InChI=1S/C19H17BrN4O2/c1-2-11-25-23-19(12-24-14-21-13-22-24)15-3-7-17(8-4-15)26-18-9-5-16(20)6-10-18/h2-10,12-14,23H,1,11H2. The van der Waals surface area contributed by atoms with Crippen LogP contribution < -0.4 is 10.2 Å². The Morgan fingerprint density at radius 2 is 1.81 bits per heavy atom. The fourth-order valence-electron chi connectivity index (χ4n) is 2.10. The maximum Gasteiger partial charge on any atom is 0.138 e. The van der Waals surface area contributed by atoms with Gasteiger partial charge in [-0.15, -0.1) is 6.58 Å². The van der Waals surface area contributed by atoms with Crippen LogP contribution in [0.15, 0.2) is 78.3 Å². The van der Waals surface area contributed by atoms with Crippen LogP contribution in [-0.2, 0) is 4.84 Å². The minimum Gasteiger partial charge on any atom is -0.457 e. The molecule has 7 heteroatoms. The third kappa shape index (κ3) is 5.05. The smallest absolute Gasteiger partial charge is 0.138 e. The van der Waals surface area contributed by atoms with Crippen molar-refractivity contribution in [3.05, 3.63) is 83.9 Å². The van der Waals surface area contributed by atoms with E-state index >= 15 is 0 Å². The van der Waals surface area contributed by atoms with Gasteiger partial charge in [0.25, 0.3) is 0 Å². The summed E-state index contributed by atoms with van der Waals surface area (Å²) in [7, 11) is 0. The normalized spacial score (nSPS) is 11.2. The highest BCUT2D eigenvalue weighted by molar-refractivity contribution is 9.10. The van der Waals surface area contributed by atoms with E-state index < -0.39 is 0 Å². The first-order valence-electron chi connectivity index (χ1n) is 7.83. The molecule has 1 heterocycles. The van der Waals surface area contributed by atoms with Gasteiger partial charge < -0.3 is 4.74 Å². The molecule has 0 amide bonds. The molecule has 3 aromatic rings. The monoisotopic (exact) mass is 412 g/mol. The van der Waals surface area contributed by atoms with E-state index in [9.17, 15) is 0 Å². The predicted octanol–water partition coefficient (Wildman–Crippen LogP) is 4.50. The van der Waals surface area contributed by atoms with Crippen LogP contribution in [0.1, 0.15) is 5.56 Å². The molecule has 0 aliphatic rings. The predicted molar refractivity (Wildman–Crippen MR) is 104 cm³/mol. The molecule has 0 atom stereocenters. The summed E-state index contributed by atoms with van der Waals surface area (Å²) in [6.45, 7) is 4.01. The number of ether oxygens (including phenoxy) is 1. The summed E-state index contributed by atoms with van der Waals surface area (Å²) in [6.07, 6.45) is 6.50. The van der Waals surface area contributed by atoms with Crippen LogP contribution in [0.3, 0.4) is 0 Å². The lowest BCUT2D eigenvalue weighted by atomic mass is 10.1. The minimum atomic E-state index is 0.374. The second-order valence-electron chi connectivity index (χ2n) is 5.20. The molecule has 132 valence electrons. The zero-order valence-corrected chi connectivity index (χ0v) is 15.5. The Bertz CT molecular complexity index is 860. The number of hydrogen-bond donors (Lipinski definition) is 1. The molecule has 0 aliphatic carbocycles. The molecule has 0 fully saturated rings. The second kappa shape index (κ2) is 8.98. The number of nitrogens with zero attached hydrogens (tertiary/aromatic N) is 3. The van der Waals surface area contributed by atoms with Crippen molar-refractivity contribution in [1.29, 1.82) is 0 Å². The molecular weight excluding hydrogens is 396 g/mol. The number of aromatic nitrogens is 3. The highest BCUT2D eigenvalue weighted by Crippen LogP contribution is 2.25. The molecule has 0 bridgehead atoms. The van der Waals surface area contributed by atoms with E-state index in [1.54, 1.807) is 23.3 Å². The molecule has 0 unspecified atom stereocenters. The molecule has 0 radical (unpaired) electrons. The number of hydrogen-bond acceptors (Lipinski definition) is 5. The number of benzene rings is 2. The largest absolute Gasteiger partial charge is 0.457 e. The molecule has 2 aromatic carbocycles. The summed E-state index contributed by atoms with van der Waals surface area (Å²) >= 11 is 3.41. The maximum atomic E-state index is 5.84. The molecule has 0 spiro atoms. The van der Waals surface area contributed by atoms with Crippen molar-refractivity contribution in [2.45, 2.75) is 0 Å². The lowest BCUT2D eigenvalue weighted by molar-refractivity contribution is 0.104. The van der Waals surface area contributed by atoms with Crippen molar-refractivity contribution in [3.8, 4) is 11.5 Å². The Hall–Kier alpha value is -2.90. The number of nitrogens with one attached hydrogen (secondary N) is 1. The van der Waals surface area contributed by atoms with E-state index in [1.807, 2.05) is 48.5 Å². The van der Waals surface area contributed by atoms with Crippen molar-refractivity contribution in [2.75, 3.05) is 6.61 Å². The van der Waals surface area contributed by atoms with E-state index in [4.69, 9.17) is 9.57 Å². The molecular formula is C19H17BrN4O2. The van der Waals surface area contributed by atoms with Gasteiger partial charge >= 0.3 is 0 Å². The first-order valence-corrected chi connectivity index (χ1v) is 8.62. The molecule has 6 nitrogen and oxygen atoms in total. The van der Waals surface area contributed by atoms with Gasteiger partial charge in [-0.1, -0.05) is 22.0 Å². The molecule has 0 saturated carbocycles. The molecule has 1 aromatic heterocycles. The van der Waals surface area contributed by atoms with Crippen molar-refractivity contribution in [1.82, 2.24) is 20.2 Å². The van der Waals surface area contributed by atoms with E-state index in [2.05, 4.69) is 38.1 Å². The van der Waals surface area contributed by atoms with Gasteiger partial charge in [-0.05, 0) is 48.5 Å². The van der Waals surface area contributed by atoms with Gasteiger partial charge in [-0.3, -0.25) is 10.3 Å².